The van der Waals surface area contributed by atoms with E-state index in [-0.39, 0.29) is 17.7 Å². The second kappa shape index (κ2) is 7.62. The van der Waals surface area contributed by atoms with E-state index in [2.05, 4.69) is 0 Å². The lowest BCUT2D eigenvalue weighted by Crippen LogP contribution is -2.45. The highest BCUT2D eigenvalue weighted by Crippen LogP contribution is 2.22. The summed E-state index contributed by atoms with van der Waals surface area (Å²) in [7, 11) is 1.84. The molecular weight excluding hydrogens is 320 g/mol. The van der Waals surface area contributed by atoms with E-state index in [1.807, 2.05) is 59.8 Å². The number of piperidine rings is 1. The van der Waals surface area contributed by atoms with Gasteiger partial charge in [-0.2, -0.15) is 0 Å². The molecule has 0 radical (unpaired) electrons. The normalized spacial score (nSPS) is 17.5. The SMILES string of the molecule is CN(Cc1ccccc1)C(=O)[C@@H]1CCCN(C(=O)c2cccs2)C1. The molecule has 1 aliphatic heterocycles. The smallest absolute Gasteiger partial charge is 0.263 e. The molecule has 4 nitrogen and oxygen atoms in total. The molecule has 24 heavy (non-hydrogen) atoms. The van der Waals surface area contributed by atoms with Gasteiger partial charge in [-0.25, -0.2) is 0 Å². The Bertz CT molecular complexity index is 685. The average molecular weight is 342 g/mol. The molecule has 0 unspecified atom stereocenters. The van der Waals surface area contributed by atoms with Crippen molar-refractivity contribution in [2.45, 2.75) is 19.4 Å². The van der Waals surface area contributed by atoms with Crippen molar-refractivity contribution in [1.29, 1.82) is 0 Å². The van der Waals surface area contributed by atoms with Crippen molar-refractivity contribution in [1.82, 2.24) is 9.80 Å². The highest BCUT2D eigenvalue weighted by molar-refractivity contribution is 7.12. The lowest BCUT2D eigenvalue weighted by atomic mass is 9.96. The van der Waals surface area contributed by atoms with Crippen molar-refractivity contribution in [2.75, 3.05) is 20.1 Å². The van der Waals surface area contributed by atoms with Gasteiger partial charge in [-0.05, 0) is 29.9 Å². The molecule has 1 aromatic heterocycles. The predicted molar refractivity (Wildman–Crippen MR) is 95.9 cm³/mol. The second-order valence-electron chi connectivity index (χ2n) is 6.25. The third kappa shape index (κ3) is 3.85. The number of likely N-dealkylation sites (tertiary alicyclic amines) is 1. The molecule has 0 N–H and O–H groups in total. The average Bonchev–Trinajstić information content (AvgIpc) is 3.16. The van der Waals surface area contributed by atoms with Crippen LogP contribution in [0.25, 0.3) is 0 Å². The van der Waals surface area contributed by atoms with Gasteiger partial charge in [0.15, 0.2) is 0 Å². The Morgan fingerprint density at radius 1 is 1.21 bits per heavy atom. The molecule has 126 valence electrons. The largest absolute Gasteiger partial charge is 0.341 e. The van der Waals surface area contributed by atoms with Gasteiger partial charge in [0.25, 0.3) is 5.91 Å². The second-order valence-corrected chi connectivity index (χ2v) is 7.20. The number of carbonyl (C=O) groups excluding carboxylic acids is 2. The van der Waals surface area contributed by atoms with Gasteiger partial charge in [0.1, 0.15) is 0 Å². The minimum Gasteiger partial charge on any atom is -0.341 e. The summed E-state index contributed by atoms with van der Waals surface area (Å²) in [5.74, 6) is 0.0760. The van der Waals surface area contributed by atoms with E-state index in [0.29, 0.717) is 13.1 Å². The topological polar surface area (TPSA) is 40.6 Å². The molecule has 1 aromatic carbocycles. The first-order chi connectivity index (χ1) is 11.6. The van der Waals surface area contributed by atoms with Crippen LogP contribution in [0.1, 0.15) is 28.1 Å². The van der Waals surface area contributed by atoms with Crippen molar-refractivity contribution in [2.24, 2.45) is 5.92 Å². The third-order valence-corrected chi connectivity index (χ3v) is 5.29. The first-order valence-electron chi connectivity index (χ1n) is 8.27. The predicted octanol–water partition coefficient (Wildman–Crippen LogP) is 3.26. The van der Waals surface area contributed by atoms with E-state index in [4.69, 9.17) is 0 Å². The zero-order chi connectivity index (χ0) is 16.9. The molecule has 3 rings (SSSR count). The molecule has 0 bridgehead atoms. The van der Waals surface area contributed by atoms with Crippen LogP contribution in [0.15, 0.2) is 47.8 Å². The highest BCUT2D eigenvalue weighted by atomic mass is 32.1. The maximum Gasteiger partial charge on any atom is 0.263 e. The van der Waals surface area contributed by atoms with Crippen LogP contribution in [-0.4, -0.2) is 41.8 Å². The summed E-state index contributed by atoms with van der Waals surface area (Å²) in [5, 5.41) is 1.91. The Balaban J connectivity index is 1.61. The maximum atomic E-state index is 12.7. The molecule has 0 spiro atoms. The Kier molecular flexibility index (Phi) is 5.30. The summed E-state index contributed by atoms with van der Waals surface area (Å²) in [4.78, 5) is 29.6. The van der Waals surface area contributed by atoms with Crippen molar-refractivity contribution in [3.05, 3.63) is 58.3 Å². The molecule has 1 atom stereocenters. The first kappa shape index (κ1) is 16.7. The maximum absolute atomic E-state index is 12.7. The fourth-order valence-electron chi connectivity index (χ4n) is 3.17. The number of hydrogen-bond acceptors (Lipinski definition) is 3. The zero-order valence-electron chi connectivity index (χ0n) is 13.9. The Morgan fingerprint density at radius 3 is 2.71 bits per heavy atom. The highest BCUT2D eigenvalue weighted by Gasteiger charge is 2.30. The van der Waals surface area contributed by atoms with Crippen LogP contribution in [0.5, 0.6) is 0 Å². The van der Waals surface area contributed by atoms with Crippen molar-refractivity contribution in [3.8, 4) is 0 Å². The van der Waals surface area contributed by atoms with Gasteiger partial charge in [0, 0.05) is 26.7 Å². The molecule has 2 amide bonds. The molecule has 5 heteroatoms. The van der Waals surface area contributed by atoms with Crippen LogP contribution in [-0.2, 0) is 11.3 Å². The number of thiophene rings is 1. The molecule has 0 aliphatic carbocycles. The van der Waals surface area contributed by atoms with E-state index in [9.17, 15) is 9.59 Å². The van der Waals surface area contributed by atoms with Gasteiger partial charge in [-0.1, -0.05) is 36.4 Å². The number of amides is 2. The summed E-state index contributed by atoms with van der Waals surface area (Å²) in [5.41, 5.74) is 1.12. The number of benzene rings is 1. The van der Waals surface area contributed by atoms with Crippen LogP contribution < -0.4 is 0 Å². The van der Waals surface area contributed by atoms with Gasteiger partial charge in [0.2, 0.25) is 5.91 Å². The number of hydrogen-bond donors (Lipinski definition) is 0. The van der Waals surface area contributed by atoms with Crippen LogP contribution in [0.3, 0.4) is 0 Å². The van der Waals surface area contributed by atoms with Crippen LogP contribution >= 0.6 is 11.3 Å². The lowest BCUT2D eigenvalue weighted by Gasteiger charge is -2.33. The van der Waals surface area contributed by atoms with Crippen molar-refractivity contribution in [3.63, 3.8) is 0 Å². The molecule has 1 saturated heterocycles. The molecule has 2 heterocycles. The van der Waals surface area contributed by atoms with Gasteiger partial charge < -0.3 is 9.80 Å². The summed E-state index contributed by atoms with van der Waals surface area (Å²) in [6, 6.07) is 13.7. The van der Waals surface area contributed by atoms with Gasteiger partial charge in [0.05, 0.1) is 10.8 Å². The minimum absolute atomic E-state index is 0.0493. The Morgan fingerprint density at radius 2 is 2.00 bits per heavy atom. The minimum atomic E-state index is -0.101. The van der Waals surface area contributed by atoms with E-state index < -0.39 is 0 Å². The van der Waals surface area contributed by atoms with E-state index >= 15 is 0 Å². The summed E-state index contributed by atoms with van der Waals surface area (Å²) >= 11 is 1.46. The van der Waals surface area contributed by atoms with E-state index in [1.165, 1.54) is 11.3 Å². The van der Waals surface area contributed by atoms with Crippen LogP contribution in [0, 0.1) is 5.92 Å². The van der Waals surface area contributed by atoms with E-state index in [1.54, 1.807) is 4.90 Å². The standard InChI is InChI=1S/C19H22N2O2S/c1-20(13-15-7-3-2-4-8-15)18(22)16-9-5-11-21(14-16)19(23)17-10-6-12-24-17/h2-4,6-8,10,12,16H,5,9,11,13-14H2,1H3/t16-/m1/s1. The third-order valence-electron chi connectivity index (χ3n) is 4.43. The molecule has 2 aromatic rings. The Hall–Kier alpha value is -2.14. The van der Waals surface area contributed by atoms with Crippen LogP contribution in [0.4, 0.5) is 0 Å². The first-order valence-corrected chi connectivity index (χ1v) is 9.15. The quantitative estimate of drug-likeness (QED) is 0.856. The number of carbonyl (C=O) groups is 2. The van der Waals surface area contributed by atoms with Gasteiger partial charge >= 0.3 is 0 Å². The summed E-state index contributed by atoms with van der Waals surface area (Å²) in [6.07, 6.45) is 1.74. The fourth-order valence-corrected chi connectivity index (χ4v) is 3.86. The molecule has 1 aliphatic rings. The number of nitrogens with zero attached hydrogens (tertiary/aromatic N) is 2. The van der Waals surface area contributed by atoms with Gasteiger partial charge in [-0.15, -0.1) is 11.3 Å². The summed E-state index contributed by atoms with van der Waals surface area (Å²) in [6.45, 7) is 1.87. The van der Waals surface area contributed by atoms with E-state index in [0.717, 1.165) is 29.8 Å². The molecule has 1 fully saturated rings. The lowest BCUT2D eigenvalue weighted by molar-refractivity contribution is -0.136. The molecular formula is C19H22N2O2S. The number of rotatable bonds is 4. The van der Waals surface area contributed by atoms with Crippen LogP contribution in [0.2, 0.25) is 0 Å². The van der Waals surface area contributed by atoms with Crippen molar-refractivity contribution < 1.29 is 9.59 Å². The molecule has 0 saturated carbocycles. The van der Waals surface area contributed by atoms with Crippen molar-refractivity contribution >= 4 is 23.2 Å². The summed E-state index contributed by atoms with van der Waals surface area (Å²) < 4.78 is 0. The monoisotopic (exact) mass is 342 g/mol. The van der Waals surface area contributed by atoms with Gasteiger partial charge in [-0.3, -0.25) is 9.59 Å². The Labute approximate surface area is 146 Å². The zero-order valence-corrected chi connectivity index (χ0v) is 14.7. The fraction of sp³-hybridized carbons (Fsp3) is 0.368.